The first-order valence-corrected chi connectivity index (χ1v) is 7.78. The molecule has 1 aliphatic rings. The average Bonchev–Trinajstić information content (AvgIpc) is 2.88. The summed E-state index contributed by atoms with van der Waals surface area (Å²) >= 11 is 0.949. The Morgan fingerprint density at radius 2 is 2.00 bits per heavy atom. The molecule has 9 heteroatoms. The predicted molar refractivity (Wildman–Crippen MR) is 81.1 cm³/mol. The summed E-state index contributed by atoms with van der Waals surface area (Å²) in [6.07, 6.45) is 0.148. The van der Waals surface area contributed by atoms with Crippen molar-refractivity contribution in [3.8, 4) is 0 Å². The number of halogens is 4. The Morgan fingerprint density at radius 3 is 2.55 bits per heavy atom. The molecule has 1 fully saturated rings. The van der Waals surface area contributed by atoms with Gasteiger partial charge in [-0.2, -0.15) is 13.2 Å². The Balaban J connectivity index is 0.00000242. The van der Waals surface area contributed by atoms with Crippen LogP contribution in [0.2, 0.25) is 0 Å². The molecule has 1 amide bonds. The van der Waals surface area contributed by atoms with Gasteiger partial charge in [0.25, 0.3) is 0 Å². The predicted octanol–water partition coefficient (Wildman–Crippen LogP) is 2.90. The van der Waals surface area contributed by atoms with Gasteiger partial charge in [-0.05, 0) is 12.8 Å². The van der Waals surface area contributed by atoms with Gasteiger partial charge in [0.1, 0.15) is 0 Å². The van der Waals surface area contributed by atoms with E-state index >= 15 is 0 Å². The quantitative estimate of drug-likeness (QED) is 0.870. The number of rotatable bonds is 4. The fraction of sp³-hybridized carbons (Fsp3) is 0.692. The molecule has 0 atom stereocenters. The smallest absolute Gasteiger partial charge is 0.354 e. The summed E-state index contributed by atoms with van der Waals surface area (Å²) in [5.41, 5.74) is 4.37. The number of nitrogens with zero attached hydrogens (tertiary/aromatic N) is 1. The molecule has 0 aliphatic heterocycles. The third kappa shape index (κ3) is 4.82. The Bertz CT molecular complexity index is 501. The molecule has 3 N–H and O–H groups in total. The van der Waals surface area contributed by atoms with Crippen LogP contribution in [0.1, 0.15) is 42.8 Å². The number of carbonyl (C=O) groups excluding carboxylic acids is 1. The van der Waals surface area contributed by atoms with Gasteiger partial charge in [-0.15, -0.1) is 23.7 Å². The highest BCUT2D eigenvalue weighted by molar-refractivity contribution is 7.09. The molecule has 126 valence electrons. The third-order valence-corrected chi connectivity index (χ3v) is 4.57. The van der Waals surface area contributed by atoms with Crippen molar-refractivity contribution in [3.05, 3.63) is 16.1 Å². The molecule has 22 heavy (non-hydrogen) atoms. The van der Waals surface area contributed by atoms with Crippen LogP contribution < -0.4 is 11.1 Å². The third-order valence-electron chi connectivity index (χ3n) is 3.66. The molecule has 4 nitrogen and oxygen atoms in total. The molecule has 0 aromatic carbocycles. The highest BCUT2D eigenvalue weighted by Crippen LogP contribution is 2.30. The number of hydrogen-bond donors (Lipinski definition) is 2. The van der Waals surface area contributed by atoms with E-state index in [1.165, 1.54) is 0 Å². The minimum absolute atomic E-state index is 0. The van der Waals surface area contributed by atoms with Crippen LogP contribution in [0, 0.1) is 0 Å². The summed E-state index contributed by atoms with van der Waals surface area (Å²) in [4.78, 5) is 15.6. The number of alkyl halides is 3. The van der Waals surface area contributed by atoms with Crippen molar-refractivity contribution in [2.24, 2.45) is 5.73 Å². The highest BCUT2D eigenvalue weighted by atomic mass is 35.5. The SMILES string of the molecule is Cl.NC1(C(=O)NCCc2nc(C(F)(F)F)cs2)CCCCC1. The zero-order chi connectivity index (χ0) is 15.5. The number of nitrogens with one attached hydrogen (secondary N) is 1. The molecule has 1 heterocycles. The van der Waals surface area contributed by atoms with Crippen LogP contribution in [-0.4, -0.2) is 23.0 Å². The van der Waals surface area contributed by atoms with Crippen LogP contribution in [0.15, 0.2) is 5.38 Å². The topological polar surface area (TPSA) is 68.0 Å². The van der Waals surface area contributed by atoms with E-state index in [0.717, 1.165) is 36.0 Å². The standard InChI is InChI=1S/C13H18F3N3OS.ClH/c14-13(15,16)9-8-21-10(19-9)4-7-18-11(20)12(17)5-2-1-3-6-12;/h8H,1-7,17H2,(H,18,20);1H. The largest absolute Gasteiger partial charge is 0.434 e. The van der Waals surface area contributed by atoms with E-state index in [9.17, 15) is 18.0 Å². The van der Waals surface area contributed by atoms with E-state index in [1.54, 1.807) is 0 Å². The molecule has 1 aromatic rings. The maximum Gasteiger partial charge on any atom is 0.434 e. The fourth-order valence-corrected chi connectivity index (χ4v) is 3.23. The van der Waals surface area contributed by atoms with Crippen LogP contribution in [0.4, 0.5) is 13.2 Å². The monoisotopic (exact) mass is 357 g/mol. The molecule has 0 bridgehead atoms. The normalized spacial score (nSPS) is 17.6. The van der Waals surface area contributed by atoms with E-state index < -0.39 is 17.4 Å². The van der Waals surface area contributed by atoms with Gasteiger partial charge in [0.2, 0.25) is 5.91 Å². The van der Waals surface area contributed by atoms with E-state index in [1.807, 2.05) is 0 Å². The summed E-state index contributed by atoms with van der Waals surface area (Å²) < 4.78 is 37.2. The van der Waals surface area contributed by atoms with E-state index in [0.29, 0.717) is 17.8 Å². The van der Waals surface area contributed by atoms with Crippen LogP contribution in [0.25, 0.3) is 0 Å². The summed E-state index contributed by atoms with van der Waals surface area (Å²) in [5.74, 6) is -0.213. The molecule has 0 spiro atoms. The van der Waals surface area contributed by atoms with Crippen molar-refractivity contribution in [3.63, 3.8) is 0 Å². The van der Waals surface area contributed by atoms with E-state index in [4.69, 9.17) is 5.73 Å². The van der Waals surface area contributed by atoms with Crippen molar-refractivity contribution < 1.29 is 18.0 Å². The molecule has 0 radical (unpaired) electrons. The molecule has 1 saturated carbocycles. The van der Waals surface area contributed by atoms with Crippen molar-refractivity contribution in [1.29, 1.82) is 0 Å². The number of carbonyl (C=O) groups is 1. The van der Waals surface area contributed by atoms with Gasteiger partial charge in [-0.1, -0.05) is 19.3 Å². The molecule has 2 rings (SSSR count). The van der Waals surface area contributed by atoms with Crippen LogP contribution in [0.3, 0.4) is 0 Å². The van der Waals surface area contributed by atoms with Crippen LogP contribution >= 0.6 is 23.7 Å². The lowest BCUT2D eigenvalue weighted by molar-refractivity contribution is -0.140. The minimum atomic E-state index is -4.42. The van der Waals surface area contributed by atoms with E-state index in [-0.39, 0.29) is 31.3 Å². The van der Waals surface area contributed by atoms with Crippen LogP contribution in [-0.2, 0) is 17.4 Å². The maximum absolute atomic E-state index is 12.4. The summed E-state index contributed by atoms with van der Waals surface area (Å²) in [7, 11) is 0. The number of hydrogen-bond acceptors (Lipinski definition) is 4. The molecule has 1 aromatic heterocycles. The van der Waals surface area contributed by atoms with Gasteiger partial charge in [0.05, 0.1) is 10.5 Å². The van der Waals surface area contributed by atoms with Gasteiger partial charge in [-0.3, -0.25) is 4.79 Å². The molecule has 1 aliphatic carbocycles. The van der Waals surface area contributed by atoms with Gasteiger partial charge in [0.15, 0.2) is 5.69 Å². The lowest BCUT2D eigenvalue weighted by Crippen LogP contribution is -2.55. The first-order chi connectivity index (χ1) is 9.81. The number of nitrogens with two attached hydrogens (primary N) is 1. The fourth-order valence-electron chi connectivity index (χ4n) is 2.42. The average molecular weight is 358 g/mol. The van der Waals surface area contributed by atoms with Crippen molar-refractivity contribution in [1.82, 2.24) is 10.3 Å². The second-order valence-electron chi connectivity index (χ2n) is 5.35. The summed E-state index contributed by atoms with van der Waals surface area (Å²) in [6.45, 7) is 0.253. The second-order valence-corrected chi connectivity index (χ2v) is 6.29. The Labute approximate surface area is 137 Å². The first-order valence-electron chi connectivity index (χ1n) is 6.90. The minimum Gasteiger partial charge on any atom is -0.354 e. The lowest BCUT2D eigenvalue weighted by Gasteiger charge is -2.31. The van der Waals surface area contributed by atoms with E-state index in [2.05, 4.69) is 10.3 Å². The van der Waals surface area contributed by atoms with Crippen molar-refractivity contribution >= 4 is 29.7 Å². The van der Waals surface area contributed by atoms with Gasteiger partial charge >= 0.3 is 6.18 Å². The first kappa shape index (κ1) is 19.2. The number of thiazole rings is 1. The van der Waals surface area contributed by atoms with Gasteiger partial charge < -0.3 is 11.1 Å². The molecular formula is C13H19ClF3N3OS. The Hall–Kier alpha value is -0.860. The molecule has 0 unspecified atom stereocenters. The zero-order valence-electron chi connectivity index (χ0n) is 11.9. The summed E-state index contributed by atoms with van der Waals surface area (Å²) in [5, 5.41) is 4.06. The summed E-state index contributed by atoms with van der Waals surface area (Å²) in [6, 6.07) is 0. The van der Waals surface area contributed by atoms with Gasteiger partial charge in [-0.25, -0.2) is 4.98 Å². The lowest BCUT2D eigenvalue weighted by atomic mass is 9.82. The Morgan fingerprint density at radius 1 is 1.36 bits per heavy atom. The molecular weight excluding hydrogens is 339 g/mol. The van der Waals surface area contributed by atoms with Gasteiger partial charge in [0, 0.05) is 18.3 Å². The zero-order valence-corrected chi connectivity index (χ0v) is 13.5. The van der Waals surface area contributed by atoms with Crippen molar-refractivity contribution in [2.75, 3.05) is 6.54 Å². The number of amides is 1. The molecule has 0 saturated heterocycles. The highest BCUT2D eigenvalue weighted by Gasteiger charge is 2.35. The Kier molecular flexibility index (Phi) is 6.64. The second kappa shape index (κ2) is 7.61. The number of aromatic nitrogens is 1. The van der Waals surface area contributed by atoms with Crippen LogP contribution in [0.5, 0.6) is 0 Å². The van der Waals surface area contributed by atoms with Crippen molar-refractivity contribution in [2.45, 2.75) is 50.2 Å². The maximum atomic E-state index is 12.4.